The van der Waals surface area contributed by atoms with E-state index in [1.807, 2.05) is 12.3 Å². The highest BCUT2D eigenvalue weighted by molar-refractivity contribution is 5.93. The molecule has 196 valence electrons. The van der Waals surface area contributed by atoms with Crippen LogP contribution >= 0.6 is 0 Å². The number of hydrazine groups is 1. The van der Waals surface area contributed by atoms with Crippen LogP contribution in [0, 0.1) is 5.92 Å². The number of carbonyl (C=O) groups is 1. The van der Waals surface area contributed by atoms with Crippen LogP contribution in [-0.4, -0.2) is 50.1 Å². The molecule has 1 aliphatic heterocycles. The number of amides is 1. The lowest BCUT2D eigenvalue weighted by atomic mass is 9.91. The van der Waals surface area contributed by atoms with Crippen molar-refractivity contribution in [2.45, 2.75) is 83.7 Å². The Labute approximate surface area is 214 Å². The standard InChI is InChI=1S/C27H40N6O3/c1-18(2)22-9-8-13-28-25(22)36-21-11-10-19(15-21)27(12-14-33(31-27)26(3,4)5)29-24(34)23-16-20(17-35-7)30-32(23)6/h8-9,12-14,16,18-19,21,31H,10-11,15,17H2,1-7H3,(H,29,34)/t19-,21+,27?/m0/s1. The van der Waals surface area contributed by atoms with Crippen LogP contribution in [0.4, 0.5) is 0 Å². The summed E-state index contributed by atoms with van der Waals surface area (Å²) in [6.07, 6.45) is 8.52. The van der Waals surface area contributed by atoms with E-state index < -0.39 is 5.66 Å². The molecule has 2 N–H and O–H groups in total. The molecule has 9 heteroatoms. The summed E-state index contributed by atoms with van der Waals surface area (Å²) in [5.74, 6) is 0.991. The normalized spacial score (nSPS) is 24.1. The first kappa shape index (κ1) is 26.2. The number of aromatic nitrogens is 3. The number of nitrogens with one attached hydrogen (secondary N) is 2. The third kappa shape index (κ3) is 5.42. The third-order valence-electron chi connectivity index (χ3n) is 7.02. The average molecular weight is 497 g/mol. The minimum atomic E-state index is -0.737. The summed E-state index contributed by atoms with van der Waals surface area (Å²) in [6.45, 7) is 11.1. The maximum Gasteiger partial charge on any atom is 0.271 e. The van der Waals surface area contributed by atoms with Gasteiger partial charge in [0.1, 0.15) is 17.5 Å². The van der Waals surface area contributed by atoms with E-state index in [-0.39, 0.29) is 23.5 Å². The Morgan fingerprint density at radius 3 is 2.78 bits per heavy atom. The van der Waals surface area contributed by atoms with E-state index in [1.165, 1.54) is 0 Å². The van der Waals surface area contributed by atoms with E-state index >= 15 is 0 Å². The molecule has 3 heterocycles. The maximum absolute atomic E-state index is 13.5. The first-order valence-corrected chi connectivity index (χ1v) is 12.7. The van der Waals surface area contributed by atoms with Crippen LogP contribution in [0.3, 0.4) is 0 Å². The number of ether oxygens (including phenoxy) is 2. The van der Waals surface area contributed by atoms with E-state index in [4.69, 9.17) is 9.47 Å². The van der Waals surface area contributed by atoms with Gasteiger partial charge in [-0.05, 0) is 64.2 Å². The van der Waals surface area contributed by atoms with Crippen LogP contribution < -0.4 is 15.5 Å². The fourth-order valence-corrected chi connectivity index (χ4v) is 5.03. The van der Waals surface area contributed by atoms with Crippen molar-refractivity contribution in [1.29, 1.82) is 0 Å². The smallest absolute Gasteiger partial charge is 0.271 e. The zero-order valence-corrected chi connectivity index (χ0v) is 22.5. The largest absolute Gasteiger partial charge is 0.474 e. The van der Waals surface area contributed by atoms with Crippen molar-refractivity contribution in [2.24, 2.45) is 13.0 Å². The second kappa shape index (κ2) is 10.2. The molecule has 1 amide bonds. The van der Waals surface area contributed by atoms with Crippen molar-refractivity contribution in [3.05, 3.63) is 53.6 Å². The SMILES string of the molecule is COCc1cc(C(=O)NC2([C@H]3CC[C@@H](Oc4ncccc4C(C)C)C3)C=CN(C(C)(C)C)N2)n(C)n1. The molecular weight excluding hydrogens is 456 g/mol. The number of nitrogens with zero attached hydrogens (tertiary/aromatic N) is 4. The summed E-state index contributed by atoms with van der Waals surface area (Å²) in [4.78, 5) is 18.0. The topological polar surface area (TPSA) is 93.5 Å². The van der Waals surface area contributed by atoms with E-state index in [0.29, 0.717) is 24.1 Å². The first-order valence-electron chi connectivity index (χ1n) is 12.7. The van der Waals surface area contributed by atoms with Crippen LogP contribution in [0.15, 0.2) is 36.7 Å². The average Bonchev–Trinajstić information content (AvgIpc) is 3.53. The van der Waals surface area contributed by atoms with Gasteiger partial charge in [0.05, 0.1) is 12.3 Å². The number of rotatable bonds is 8. The van der Waals surface area contributed by atoms with Gasteiger partial charge in [0.2, 0.25) is 5.88 Å². The van der Waals surface area contributed by atoms with E-state index in [1.54, 1.807) is 31.1 Å². The second-order valence-electron chi connectivity index (χ2n) is 11.2. The van der Waals surface area contributed by atoms with Crippen LogP contribution in [0.1, 0.15) is 81.5 Å². The Kier molecular flexibility index (Phi) is 7.43. The zero-order valence-electron chi connectivity index (χ0n) is 22.5. The molecule has 1 aliphatic carbocycles. The molecule has 0 saturated heterocycles. The summed E-state index contributed by atoms with van der Waals surface area (Å²) in [5, 5.41) is 9.78. The second-order valence-corrected chi connectivity index (χ2v) is 11.2. The maximum atomic E-state index is 13.5. The number of hydrogen-bond donors (Lipinski definition) is 2. The third-order valence-corrected chi connectivity index (χ3v) is 7.02. The highest BCUT2D eigenvalue weighted by Gasteiger charge is 2.48. The fraction of sp³-hybridized carbons (Fsp3) is 0.593. The zero-order chi connectivity index (χ0) is 26.1. The Morgan fingerprint density at radius 1 is 1.33 bits per heavy atom. The molecule has 0 bridgehead atoms. The Hall–Kier alpha value is -2.91. The van der Waals surface area contributed by atoms with Crippen LogP contribution in [0.25, 0.3) is 0 Å². The van der Waals surface area contributed by atoms with Gasteiger partial charge in [0.25, 0.3) is 5.91 Å². The first-order chi connectivity index (χ1) is 17.0. The lowest BCUT2D eigenvalue weighted by Gasteiger charge is -2.41. The predicted octanol–water partition coefficient (Wildman–Crippen LogP) is 3.89. The molecule has 0 spiro atoms. The van der Waals surface area contributed by atoms with Gasteiger partial charge >= 0.3 is 0 Å². The van der Waals surface area contributed by atoms with E-state index in [9.17, 15) is 4.79 Å². The van der Waals surface area contributed by atoms with E-state index in [2.05, 4.69) is 72.6 Å². The molecule has 2 aromatic rings. The fourth-order valence-electron chi connectivity index (χ4n) is 5.03. The van der Waals surface area contributed by atoms with Gasteiger partial charge in [-0.25, -0.2) is 10.4 Å². The minimum Gasteiger partial charge on any atom is -0.474 e. The van der Waals surface area contributed by atoms with Gasteiger partial charge in [-0.15, -0.1) is 0 Å². The molecule has 2 aliphatic rings. The van der Waals surface area contributed by atoms with Crippen molar-refractivity contribution >= 4 is 5.91 Å². The van der Waals surface area contributed by atoms with Gasteiger partial charge in [0.15, 0.2) is 0 Å². The summed E-state index contributed by atoms with van der Waals surface area (Å²) in [5.41, 5.74) is 5.05. The lowest BCUT2D eigenvalue weighted by Crippen LogP contribution is -2.64. The van der Waals surface area contributed by atoms with E-state index in [0.717, 1.165) is 30.5 Å². The molecule has 0 radical (unpaired) electrons. The Morgan fingerprint density at radius 2 is 2.11 bits per heavy atom. The Bertz CT molecular complexity index is 1110. The number of pyridine rings is 1. The van der Waals surface area contributed by atoms with Crippen LogP contribution in [0.5, 0.6) is 5.88 Å². The molecule has 1 fully saturated rings. The number of hydrogen-bond acceptors (Lipinski definition) is 7. The Balaban J connectivity index is 1.55. The quantitative estimate of drug-likeness (QED) is 0.573. The van der Waals surface area contributed by atoms with Crippen molar-refractivity contribution in [3.63, 3.8) is 0 Å². The van der Waals surface area contributed by atoms with Crippen molar-refractivity contribution in [3.8, 4) is 5.88 Å². The summed E-state index contributed by atoms with van der Waals surface area (Å²) < 4.78 is 13.2. The van der Waals surface area contributed by atoms with Gasteiger partial charge in [-0.3, -0.25) is 9.48 Å². The molecule has 0 aromatic carbocycles. The summed E-state index contributed by atoms with van der Waals surface area (Å²) in [6, 6.07) is 5.81. The van der Waals surface area contributed by atoms with Gasteiger partial charge < -0.3 is 19.8 Å². The molecule has 1 unspecified atom stereocenters. The molecule has 3 atom stereocenters. The predicted molar refractivity (Wildman–Crippen MR) is 138 cm³/mol. The van der Waals surface area contributed by atoms with Crippen LogP contribution in [0.2, 0.25) is 0 Å². The molecule has 2 aromatic heterocycles. The molecule has 36 heavy (non-hydrogen) atoms. The number of methoxy groups -OCH3 is 1. The van der Waals surface area contributed by atoms with Crippen LogP contribution in [-0.2, 0) is 18.4 Å². The van der Waals surface area contributed by atoms with Gasteiger partial charge in [-0.2, -0.15) is 5.10 Å². The van der Waals surface area contributed by atoms with Crippen molar-refractivity contribution < 1.29 is 14.3 Å². The molecule has 1 saturated carbocycles. The van der Waals surface area contributed by atoms with Gasteiger partial charge in [0, 0.05) is 43.6 Å². The van der Waals surface area contributed by atoms with Crippen molar-refractivity contribution in [2.75, 3.05) is 7.11 Å². The summed E-state index contributed by atoms with van der Waals surface area (Å²) >= 11 is 0. The molecular formula is C27H40N6O3. The molecule has 4 rings (SSSR count). The highest BCUT2D eigenvalue weighted by Crippen LogP contribution is 2.39. The lowest BCUT2D eigenvalue weighted by molar-refractivity contribution is 0.0549. The summed E-state index contributed by atoms with van der Waals surface area (Å²) in [7, 11) is 3.39. The van der Waals surface area contributed by atoms with Crippen molar-refractivity contribution in [1.82, 2.24) is 30.5 Å². The van der Waals surface area contributed by atoms with Gasteiger partial charge in [-0.1, -0.05) is 19.9 Å². The molecule has 9 nitrogen and oxygen atoms in total. The number of aryl methyl sites for hydroxylation is 1. The highest BCUT2D eigenvalue weighted by atomic mass is 16.5. The minimum absolute atomic E-state index is 0.0278. The number of carbonyl (C=O) groups excluding carboxylic acids is 1. The monoisotopic (exact) mass is 496 g/mol.